The van der Waals surface area contributed by atoms with Crippen molar-refractivity contribution < 1.29 is 9.47 Å². The summed E-state index contributed by atoms with van der Waals surface area (Å²) in [5, 5.41) is 8.47. The number of ether oxygens (including phenoxy) is 2. The minimum atomic E-state index is 0.496. The zero-order valence-electron chi connectivity index (χ0n) is 16.0. The van der Waals surface area contributed by atoms with Crippen LogP contribution in [0.2, 0.25) is 0 Å². The fraction of sp³-hybridized carbons (Fsp3) is 0.455. The molecule has 0 spiro atoms. The molecule has 2 rings (SSSR count). The van der Waals surface area contributed by atoms with Gasteiger partial charge in [-0.15, -0.1) is 10.2 Å². The van der Waals surface area contributed by atoms with Gasteiger partial charge in [-0.25, -0.2) is 0 Å². The number of benzene rings is 1. The molecular formula is C22H30N2O2. The van der Waals surface area contributed by atoms with E-state index in [4.69, 9.17) is 9.47 Å². The van der Waals surface area contributed by atoms with Gasteiger partial charge in [-0.05, 0) is 37.3 Å². The van der Waals surface area contributed by atoms with Crippen LogP contribution in [0.4, 0.5) is 0 Å². The number of hydrogen-bond acceptors (Lipinski definition) is 4. The molecule has 0 bridgehead atoms. The van der Waals surface area contributed by atoms with E-state index < -0.39 is 0 Å². The van der Waals surface area contributed by atoms with Gasteiger partial charge in [0.2, 0.25) is 0 Å². The number of aromatic nitrogens is 2. The second-order valence-corrected chi connectivity index (χ2v) is 6.27. The molecule has 26 heavy (non-hydrogen) atoms. The molecule has 0 aliphatic carbocycles. The van der Waals surface area contributed by atoms with Crippen LogP contribution in [0.1, 0.15) is 57.2 Å². The Labute approximate surface area is 157 Å². The smallest absolute Gasteiger partial charge is 0.276 e. The van der Waals surface area contributed by atoms with Gasteiger partial charge in [-0.3, -0.25) is 0 Å². The SMILES string of the molecule is CCCCOc1cc(/C=C/CCc2ccccc2)nnc1OCCCC. The molecule has 0 saturated heterocycles. The van der Waals surface area contributed by atoms with Gasteiger partial charge in [-0.1, -0.05) is 63.1 Å². The van der Waals surface area contributed by atoms with Crippen molar-refractivity contribution in [3.63, 3.8) is 0 Å². The second-order valence-electron chi connectivity index (χ2n) is 6.27. The molecule has 1 aromatic carbocycles. The van der Waals surface area contributed by atoms with Crippen molar-refractivity contribution in [3.8, 4) is 11.6 Å². The maximum Gasteiger partial charge on any atom is 0.276 e. The molecule has 0 amide bonds. The lowest BCUT2D eigenvalue weighted by Crippen LogP contribution is -2.05. The topological polar surface area (TPSA) is 44.2 Å². The first-order valence-electron chi connectivity index (χ1n) is 9.67. The quantitative estimate of drug-likeness (QED) is 0.473. The highest BCUT2D eigenvalue weighted by Crippen LogP contribution is 2.25. The number of unbranched alkanes of at least 4 members (excludes halogenated alkanes) is 2. The van der Waals surface area contributed by atoms with E-state index in [2.05, 4.69) is 54.4 Å². The number of rotatable bonds is 12. The predicted octanol–water partition coefficient (Wildman–Crippen LogP) is 5.48. The highest BCUT2D eigenvalue weighted by Gasteiger charge is 2.09. The first-order chi connectivity index (χ1) is 12.8. The molecule has 0 fully saturated rings. The highest BCUT2D eigenvalue weighted by molar-refractivity contribution is 5.48. The molecule has 1 heterocycles. The van der Waals surface area contributed by atoms with Crippen molar-refractivity contribution in [2.45, 2.75) is 52.4 Å². The van der Waals surface area contributed by atoms with Gasteiger partial charge in [-0.2, -0.15) is 0 Å². The number of hydrogen-bond donors (Lipinski definition) is 0. The standard InChI is InChI=1S/C22H30N2O2/c1-3-5-16-25-21-18-20(23-24-22(21)26-17-6-4-2)15-11-10-14-19-12-8-7-9-13-19/h7-9,11-13,15,18H,3-6,10,14,16-17H2,1-2H3/b15-11+. The summed E-state index contributed by atoms with van der Waals surface area (Å²) in [4.78, 5) is 0. The summed E-state index contributed by atoms with van der Waals surface area (Å²) in [5.74, 6) is 1.18. The minimum Gasteiger partial charge on any atom is -0.488 e. The Balaban J connectivity index is 1.95. The van der Waals surface area contributed by atoms with Crippen molar-refractivity contribution in [2.24, 2.45) is 0 Å². The molecule has 0 N–H and O–H groups in total. The van der Waals surface area contributed by atoms with Crippen LogP contribution in [0.15, 0.2) is 42.5 Å². The molecule has 2 aromatic rings. The molecule has 0 aliphatic rings. The van der Waals surface area contributed by atoms with E-state index in [1.807, 2.05) is 18.2 Å². The maximum atomic E-state index is 5.86. The summed E-state index contributed by atoms with van der Waals surface area (Å²) in [6.45, 7) is 5.59. The molecule has 140 valence electrons. The summed E-state index contributed by atoms with van der Waals surface area (Å²) in [7, 11) is 0. The lowest BCUT2D eigenvalue weighted by Gasteiger charge is -2.11. The Hall–Kier alpha value is -2.36. The number of aryl methyl sites for hydroxylation is 1. The molecule has 0 saturated carbocycles. The zero-order valence-corrected chi connectivity index (χ0v) is 16.0. The van der Waals surface area contributed by atoms with Crippen LogP contribution in [-0.2, 0) is 6.42 Å². The fourth-order valence-electron chi connectivity index (χ4n) is 2.40. The predicted molar refractivity (Wildman–Crippen MR) is 107 cm³/mol. The van der Waals surface area contributed by atoms with Crippen LogP contribution in [-0.4, -0.2) is 23.4 Å². The third-order valence-corrected chi connectivity index (χ3v) is 3.97. The molecule has 4 nitrogen and oxygen atoms in total. The summed E-state index contributed by atoms with van der Waals surface area (Å²) < 4.78 is 11.6. The van der Waals surface area contributed by atoms with E-state index >= 15 is 0 Å². The average molecular weight is 354 g/mol. The molecule has 0 unspecified atom stereocenters. The van der Waals surface area contributed by atoms with E-state index in [0.29, 0.717) is 24.8 Å². The van der Waals surface area contributed by atoms with Crippen molar-refractivity contribution in [2.75, 3.05) is 13.2 Å². The monoisotopic (exact) mass is 354 g/mol. The van der Waals surface area contributed by atoms with Crippen LogP contribution in [0.3, 0.4) is 0 Å². The highest BCUT2D eigenvalue weighted by atomic mass is 16.5. The molecule has 0 radical (unpaired) electrons. The van der Waals surface area contributed by atoms with Gasteiger partial charge in [0.05, 0.1) is 18.9 Å². The summed E-state index contributed by atoms with van der Waals surface area (Å²) in [5.41, 5.74) is 2.14. The molecule has 4 heteroatoms. The van der Waals surface area contributed by atoms with Gasteiger partial charge >= 0.3 is 0 Å². The Bertz CT molecular complexity index is 656. The Morgan fingerprint density at radius 2 is 1.65 bits per heavy atom. The van der Waals surface area contributed by atoms with Crippen LogP contribution in [0.25, 0.3) is 6.08 Å². The lowest BCUT2D eigenvalue weighted by atomic mass is 10.1. The third kappa shape index (κ3) is 7.26. The summed E-state index contributed by atoms with van der Waals surface area (Å²) in [6, 6.07) is 12.4. The van der Waals surface area contributed by atoms with Crippen LogP contribution >= 0.6 is 0 Å². The third-order valence-electron chi connectivity index (χ3n) is 3.97. The molecule has 1 aromatic heterocycles. The van der Waals surface area contributed by atoms with Gasteiger partial charge in [0, 0.05) is 6.07 Å². The van der Waals surface area contributed by atoms with Crippen LogP contribution in [0.5, 0.6) is 11.6 Å². The largest absolute Gasteiger partial charge is 0.488 e. The maximum absolute atomic E-state index is 5.86. The van der Waals surface area contributed by atoms with E-state index in [-0.39, 0.29) is 0 Å². The van der Waals surface area contributed by atoms with Crippen molar-refractivity contribution in [3.05, 3.63) is 53.7 Å². The number of allylic oxidation sites excluding steroid dienone is 1. The van der Waals surface area contributed by atoms with E-state index in [9.17, 15) is 0 Å². The van der Waals surface area contributed by atoms with Gasteiger partial charge < -0.3 is 9.47 Å². The first-order valence-corrected chi connectivity index (χ1v) is 9.67. The summed E-state index contributed by atoms with van der Waals surface area (Å²) in [6.07, 6.45) is 10.3. The Kier molecular flexibility index (Phi) is 9.26. The van der Waals surface area contributed by atoms with E-state index in [1.54, 1.807) is 0 Å². The second kappa shape index (κ2) is 12.1. The molecule has 0 aliphatic heterocycles. The summed E-state index contributed by atoms with van der Waals surface area (Å²) >= 11 is 0. The van der Waals surface area contributed by atoms with Gasteiger partial charge in [0.15, 0.2) is 5.75 Å². The van der Waals surface area contributed by atoms with Crippen LogP contribution < -0.4 is 9.47 Å². The van der Waals surface area contributed by atoms with Gasteiger partial charge in [0.25, 0.3) is 5.88 Å². The first kappa shape index (κ1) is 20.0. The van der Waals surface area contributed by atoms with Gasteiger partial charge in [0.1, 0.15) is 0 Å². The van der Waals surface area contributed by atoms with Crippen molar-refractivity contribution in [1.82, 2.24) is 10.2 Å². The Morgan fingerprint density at radius 1 is 0.923 bits per heavy atom. The number of nitrogens with zero attached hydrogens (tertiary/aromatic N) is 2. The van der Waals surface area contributed by atoms with Crippen molar-refractivity contribution in [1.29, 1.82) is 0 Å². The van der Waals surface area contributed by atoms with Crippen molar-refractivity contribution >= 4 is 6.08 Å². The fourth-order valence-corrected chi connectivity index (χ4v) is 2.40. The molecule has 0 atom stereocenters. The zero-order chi connectivity index (χ0) is 18.5. The van der Waals surface area contributed by atoms with Crippen LogP contribution in [0, 0.1) is 0 Å². The normalized spacial score (nSPS) is 11.0. The van der Waals surface area contributed by atoms with E-state index in [0.717, 1.165) is 44.2 Å². The molecular weight excluding hydrogens is 324 g/mol. The minimum absolute atomic E-state index is 0.496. The lowest BCUT2D eigenvalue weighted by molar-refractivity contribution is 0.250. The van der Waals surface area contributed by atoms with E-state index in [1.165, 1.54) is 5.56 Å². The average Bonchev–Trinajstić information content (AvgIpc) is 2.68. The Morgan fingerprint density at radius 3 is 2.38 bits per heavy atom.